The topological polar surface area (TPSA) is 50.4 Å². The van der Waals surface area contributed by atoms with Crippen LogP contribution in [0.5, 0.6) is 0 Å². The first-order valence-electron chi connectivity index (χ1n) is 6.36. The van der Waals surface area contributed by atoms with Crippen molar-refractivity contribution >= 4 is 11.6 Å². The zero-order chi connectivity index (χ0) is 13.0. The largest absolute Gasteiger partial charge is 0.380 e. The minimum Gasteiger partial charge on any atom is -0.380 e. The van der Waals surface area contributed by atoms with Crippen molar-refractivity contribution in [2.24, 2.45) is 0 Å². The minimum atomic E-state index is -0.0445. The summed E-state index contributed by atoms with van der Waals surface area (Å²) in [7, 11) is 0. The van der Waals surface area contributed by atoms with Crippen molar-refractivity contribution in [1.29, 1.82) is 0 Å². The number of anilines is 1. The minimum absolute atomic E-state index is 0.0445. The van der Waals surface area contributed by atoms with Crippen molar-refractivity contribution in [3.8, 4) is 0 Å². The molecule has 1 aliphatic heterocycles. The van der Waals surface area contributed by atoms with Gasteiger partial charge in [0.2, 0.25) is 5.91 Å². The SMILES string of the molecule is CC(=O)Nc1cccc(C(C)NC2CCOC2)c1. The maximum Gasteiger partial charge on any atom is 0.221 e. The summed E-state index contributed by atoms with van der Waals surface area (Å²) < 4.78 is 5.35. The van der Waals surface area contributed by atoms with Crippen LogP contribution in [0.2, 0.25) is 0 Å². The van der Waals surface area contributed by atoms with Crippen molar-refractivity contribution in [2.45, 2.75) is 32.4 Å². The molecule has 0 spiro atoms. The van der Waals surface area contributed by atoms with Gasteiger partial charge >= 0.3 is 0 Å². The molecule has 0 radical (unpaired) electrons. The Hall–Kier alpha value is -1.39. The smallest absolute Gasteiger partial charge is 0.221 e. The van der Waals surface area contributed by atoms with Crippen molar-refractivity contribution in [2.75, 3.05) is 18.5 Å². The van der Waals surface area contributed by atoms with E-state index in [2.05, 4.69) is 23.6 Å². The Balaban J connectivity index is 2.00. The third kappa shape index (κ3) is 3.55. The summed E-state index contributed by atoms with van der Waals surface area (Å²) in [6.07, 6.45) is 1.07. The summed E-state index contributed by atoms with van der Waals surface area (Å²) in [5, 5.41) is 6.34. The van der Waals surface area contributed by atoms with Crippen LogP contribution in [0, 0.1) is 0 Å². The molecule has 1 saturated heterocycles. The van der Waals surface area contributed by atoms with Crippen LogP contribution in [0.25, 0.3) is 0 Å². The fourth-order valence-electron chi connectivity index (χ4n) is 2.20. The third-order valence-corrected chi connectivity index (χ3v) is 3.12. The van der Waals surface area contributed by atoms with E-state index in [0.717, 1.165) is 25.3 Å². The van der Waals surface area contributed by atoms with Gasteiger partial charge in [-0.15, -0.1) is 0 Å². The Bertz CT molecular complexity index is 414. The molecule has 0 aliphatic carbocycles. The predicted molar refractivity (Wildman–Crippen MR) is 71.5 cm³/mol. The van der Waals surface area contributed by atoms with Gasteiger partial charge in [-0.25, -0.2) is 0 Å². The molecule has 2 N–H and O–H groups in total. The number of ether oxygens (including phenoxy) is 1. The van der Waals surface area contributed by atoms with Crippen LogP contribution >= 0.6 is 0 Å². The molecule has 1 aromatic rings. The summed E-state index contributed by atoms with van der Waals surface area (Å²) in [5.41, 5.74) is 2.02. The van der Waals surface area contributed by atoms with E-state index in [1.807, 2.05) is 18.2 Å². The van der Waals surface area contributed by atoms with Gasteiger partial charge in [-0.3, -0.25) is 4.79 Å². The number of benzene rings is 1. The molecule has 0 saturated carbocycles. The Morgan fingerprint density at radius 3 is 3.00 bits per heavy atom. The molecule has 18 heavy (non-hydrogen) atoms. The highest BCUT2D eigenvalue weighted by atomic mass is 16.5. The van der Waals surface area contributed by atoms with Gasteiger partial charge in [-0.05, 0) is 31.0 Å². The zero-order valence-electron chi connectivity index (χ0n) is 10.9. The molecule has 4 heteroatoms. The van der Waals surface area contributed by atoms with E-state index in [4.69, 9.17) is 4.74 Å². The molecule has 0 bridgehead atoms. The molecule has 1 aliphatic rings. The molecule has 0 aromatic heterocycles. The highest BCUT2D eigenvalue weighted by Gasteiger charge is 2.18. The van der Waals surface area contributed by atoms with Crippen molar-refractivity contribution in [3.63, 3.8) is 0 Å². The predicted octanol–water partition coefficient (Wildman–Crippen LogP) is 2.08. The quantitative estimate of drug-likeness (QED) is 0.857. The molecule has 4 nitrogen and oxygen atoms in total. The Morgan fingerprint density at radius 2 is 2.33 bits per heavy atom. The van der Waals surface area contributed by atoms with Gasteiger partial charge in [0.1, 0.15) is 0 Å². The standard InChI is InChI=1S/C14H20N2O2/c1-10(15-14-6-7-18-9-14)12-4-3-5-13(8-12)16-11(2)17/h3-5,8,10,14-15H,6-7,9H2,1-2H3,(H,16,17). The van der Waals surface area contributed by atoms with Gasteiger partial charge in [0.15, 0.2) is 0 Å². The first-order chi connectivity index (χ1) is 8.65. The Morgan fingerprint density at radius 1 is 1.50 bits per heavy atom. The van der Waals surface area contributed by atoms with E-state index in [1.165, 1.54) is 12.5 Å². The van der Waals surface area contributed by atoms with Crippen molar-refractivity contribution < 1.29 is 9.53 Å². The fraction of sp³-hybridized carbons (Fsp3) is 0.500. The molecule has 2 rings (SSSR count). The average Bonchev–Trinajstić information content (AvgIpc) is 2.81. The normalized spacial score (nSPS) is 20.7. The van der Waals surface area contributed by atoms with E-state index in [1.54, 1.807) is 0 Å². The first-order valence-corrected chi connectivity index (χ1v) is 6.36. The van der Waals surface area contributed by atoms with E-state index in [-0.39, 0.29) is 11.9 Å². The summed E-state index contributed by atoms with van der Waals surface area (Å²) in [5.74, 6) is -0.0445. The molecule has 2 unspecified atom stereocenters. The van der Waals surface area contributed by atoms with Crippen LogP contribution in [0.1, 0.15) is 31.9 Å². The molecular weight excluding hydrogens is 228 g/mol. The number of rotatable bonds is 4. The summed E-state index contributed by atoms with van der Waals surface area (Å²) >= 11 is 0. The van der Waals surface area contributed by atoms with E-state index >= 15 is 0 Å². The lowest BCUT2D eigenvalue weighted by Gasteiger charge is -2.19. The molecule has 1 fully saturated rings. The van der Waals surface area contributed by atoms with Gasteiger partial charge < -0.3 is 15.4 Å². The van der Waals surface area contributed by atoms with Gasteiger partial charge in [0.05, 0.1) is 6.61 Å². The number of nitrogens with one attached hydrogen (secondary N) is 2. The third-order valence-electron chi connectivity index (χ3n) is 3.12. The van der Waals surface area contributed by atoms with Crippen molar-refractivity contribution in [1.82, 2.24) is 5.32 Å². The zero-order valence-corrected chi connectivity index (χ0v) is 10.9. The number of carbonyl (C=O) groups excluding carboxylic acids is 1. The molecule has 2 atom stereocenters. The summed E-state index contributed by atoms with van der Waals surface area (Å²) in [6.45, 7) is 5.28. The van der Waals surface area contributed by atoms with Crippen LogP contribution in [0.3, 0.4) is 0 Å². The molecule has 98 valence electrons. The fourth-order valence-corrected chi connectivity index (χ4v) is 2.20. The van der Waals surface area contributed by atoms with Gasteiger partial charge in [0, 0.05) is 31.3 Å². The van der Waals surface area contributed by atoms with E-state index < -0.39 is 0 Å². The highest BCUT2D eigenvalue weighted by Crippen LogP contribution is 2.19. The van der Waals surface area contributed by atoms with Crippen LogP contribution < -0.4 is 10.6 Å². The van der Waals surface area contributed by atoms with Crippen LogP contribution in [0.15, 0.2) is 24.3 Å². The van der Waals surface area contributed by atoms with Gasteiger partial charge in [0.25, 0.3) is 0 Å². The van der Waals surface area contributed by atoms with E-state index in [0.29, 0.717) is 6.04 Å². The van der Waals surface area contributed by atoms with Gasteiger partial charge in [-0.2, -0.15) is 0 Å². The maximum absolute atomic E-state index is 11.0. The highest BCUT2D eigenvalue weighted by molar-refractivity contribution is 5.88. The molecule has 1 heterocycles. The Labute approximate surface area is 108 Å². The second-order valence-electron chi connectivity index (χ2n) is 4.76. The van der Waals surface area contributed by atoms with Crippen molar-refractivity contribution in [3.05, 3.63) is 29.8 Å². The lowest BCUT2D eigenvalue weighted by molar-refractivity contribution is -0.114. The Kier molecular flexibility index (Phi) is 4.33. The van der Waals surface area contributed by atoms with E-state index in [9.17, 15) is 4.79 Å². The monoisotopic (exact) mass is 248 g/mol. The van der Waals surface area contributed by atoms with Crippen LogP contribution in [0.4, 0.5) is 5.69 Å². The second-order valence-corrected chi connectivity index (χ2v) is 4.76. The lowest BCUT2D eigenvalue weighted by Crippen LogP contribution is -2.31. The lowest BCUT2D eigenvalue weighted by atomic mass is 10.1. The number of hydrogen-bond acceptors (Lipinski definition) is 3. The summed E-state index contributed by atoms with van der Waals surface area (Å²) in [4.78, 5) is 11.0. The number of hydrogen-bond donors (Lipinski definition) is 2. The van der Waals surface area contributed by atoms with Crippen LogP contribution in [-0.2, 0) is 9.53 Å². The summed E-state index contributed by atoms with van der Waals surface area (Å²) in [6, 6.07) is 8.63. The van der Waals surface area contributed by atoms with Crippen LogP contribution in [-0.4, -0.2) is 25.2 Å². The number of amides is 1. The first kappa shape index (κ1) is 13.1. The second kappa shape index (κ2) is 5.98. The maximum atomic E-state index is 11.0. The van der Waals surface area contributed by atoms with Gasteiger partial charge in [-0.1, -0.05) is 12.1 Å². The molecule has 1 aromatic carbocycles. The molecular formula is C14H20N2O2. The molecule has 1 amide bonds. The average molecular weight is 248 g/mol. The number of carbonyl (C=O) groups is 1.